The highest BCUT2D eigenvalue weighted by atomic mass is 16.1. The first-order chi connectivity index (χ1) is 8.84. The maximum Gasteiger partial charge on any atom is 0.146 e. The largest absolute Gasteiger partial charge is 0.303 e. The zero-order chi connectivity index (χ0) is 12.6. The van der Waals surface area contributed by atoms with Crippen molar-refractivity contribution in [3.63, 3.8) is 0 Å². The lowest BCUT2D eigenvalue weighted by Gasteiger charge is -2.27. The molecule has 0 saturated carbocycles. The molecule has 2 aliphatic rings. The van der Waals surface area contributed by atoms with Crippen molar-refractivity contribution in [1.29, 1.82) is 0 Å². The molecule has 0 amide bonds. The monoisotopic (exact) mass is 252 g/mol. The number of nitrogens with zero attached hydrogens (tertiary/aromatic N) is 2. The predicted octanol–water partition coefficient (Wildman–Crippen LogP) is 2.31. The number of carbonyl (C=O) groups excluding carboxylic acids is 1. The third kappa shape index (κ3) is 5.07. The Morgan fingerprint density at radius 2 is 1.33 bits per heavy atom. The Bertz CT molecular complexity index is 243. The van der Waals surface area contributed by atoms with Crippen LogP contribution in [-0.2, 0) is 4.79 Å². The van der Waals surface area contributed by atoms with Crippen LogP contribution in [0.25, 0.3) is 0 Å². The van der Waals surface area contributed by atoms with Crippen LogP contribution in [-0.4, -0.2) is 54.9 Å². The summed E-state index contributed by atoms with van der Waals surface area (Å²) >= 11 is 0. The van der Waals surface area contributed by atoms with Gasteiger partial charge in [0.1, 0.15) is 5.78 Å². The maximum absolute atomic E-state index is 11.9. The molecule has 2 saturated heterocycles. The summed E-state index contributed by atoms with van der Waals surface area (Å²) in [6.45, 7) is 6.61. The number of Topliss-reactive ketones (excluding diaryl/α,β-unsaturated/α-hetero) is 1. The van der Waals surface area contributed by atoms with Gasteiger partial charge in [-0.25, -0.2) is 0 Å². The minimum absolute atomic E-state index is 0.453. The van der Waals surface area contributed by atoms with Crippen molar-refractivity contribution < 1.29 is 4.79 Å². The second-order valence-corrected chi connectivity index (χ2v) is 5.88. The van der Waals surface area contributed by atoms with Crippen LogP contribution in [0.15, 0.2) is 0 Å². The topological polar surface area (TPSA) is 23.6 Å². The number of piperidine rings is 2. The summed E-state index contributed by atoms with van der Waals surface area (Å²) < 4.78 is 0. The van der Waals surface area contributed by atoms with E-state index in [0.717, 1.165) is 32.5 Å². The van der Waals surface area contributed by atoms with Crippen LogP contribution < -0.4 is 0 Å². The van der Waals surface area contributed by atoms with Gasteiger partial charge in [-0.3, -0.25) is 9.69 Å². The van der Waals surface area contributed by atoms with Gasteiger partial charge in [0, 0.05) is 6.42 Å². The van der Waals surface area contributed by atoms with Gasteiger partial charge < -0.3 is 4.90 Å². The van der Waals surface area contributed by atoms with E-state index in [0.29, 0.717) is 12.3 Å². The molecule has 2 rings (SSSR count). The molecular formula is C15H28N2O. The van der Waals surface area contributed by atoms with E-state index in [9.17, 15) is 4.79 Å². The SMILES string of the molecule is O=C(CCCN1CCCCC1)CN1CCCCC1. The van der Waals surface area contributed by atoms with E-state index in [1.165, 1.54) is 51.6 Å². The van der Waals surface area contributed by atoms with Crippen LogP contribution in [0, 0.1) is 0 Å². The highest BCUT2D eigenvalue weighted by molar-refractivity contribution is 5.80. The summed E-state index contributed by atoms with van der Waals surface area (Å²) in [5.74, 6) is 0.453. The number of hydrogen-bond donors (Lipinski definition) is 0. The van der Waals surface area contributed by atoms with E-state index in [2.05, 4.69) is 9.80 Å². The lowest BCUT2D eigenvalue weighted by molar-refractivity contribution is -0.120. The van der Waals surface area contributed by atoms with Crippen molar-refractivity contribution in [3.8, 4) is 0 Å². The minimum Gasteiger partial charge on any atom is -0.303 e. The van der Waals surface area contributed by atoms with Crippen molar-refractivity contribution in [2.75, 3.05) is 39.3 Å². The van der Waals surface area contributed by atoms with E-state index in [4.69, 9.17) is 0 Å². The predicted molar refractivity (Wildman–Crippen MR) is 74.8 cm³/mol. The van der Waals surface area contributed by atoms with Crippen LogP contribution in [0.2, 0.25) is 0 Å². The average molecular weight is 252 g/mol. The molecule has 0 aromatic heterocycles. The number of ketones is 1. The van der Waals surface area contributed by atoms with Gasteiger partial charge in [0.2, 0.25) is 0 Å². The van der Waals surface area contributed by atoms with Crippen LogP contribution >= 0.6 is 0 Å². The van der Waals surface area contributed by atoms with Gasteiger partial charge in [0.25, 0.3) is 0 Å². The molecule has 0 aromatic rings. The summed E-state index contributed by atoms with van der Waals surface area (Å²) in [6.07, 6.45) is 9.84. The molecule has 2 heterocycles. The van der Waals surface area contributed by atoms with Gasteiger partial charge in [-0.1, -0.05) is 12.8 Å². The average Bonchev–Trinajstić information content (AvgIpc) is 2.41. The number of hydrogen-bond acceptors (Lipinski definition) is 3. The van der Waals surface area contributed by atoms with Gasteiger partial charge in [-0.2, -0.15) is 0 Å². The Kier molecular flexibility index (Phi) is 6.15. The van der Waals surface area contributed by atoms with Crippen LogP contribution in [0.4, 0.5) is 0 Å². The molecule has 0 radical (unpaired) electrons. The zero-order valence-electron chi connectivity index (χ0n) is 11.7. The van der Waals surface area contributed by atoms with Gasteiger partial charge >= 0.3 is 0 Å². The lowest BCUT2D eigenvalue weighted by Crippen LogP contribution is -2.35. The molecule has 0 aliphatic carbocycles. The van der Waals surface area contributed by atoms with Crippen molar-refractivity contribution in [1.82, 2.24) is 9.80 Å². The Hall–Kier alpha value is -0.410. The molecule has 3 heteroatoms. The molecule has 0 spiro atoms. The molecule has 2 fully saturated rings. The van der Waals surface area contributed by atoms with E-state index in [1.807, 2.05) is 0 Å². The Labute approximate surface area is 112 Å². The van der Waals surface area contributed by atoms with E-state index >= 15 is 0 Å². The second-order valence-electron chi connectivity index (χ2n) is 5.88. The Morgan fingerprint density at radius 1 is 0.778 bits per heavy atom. The summed E-state index contributed by atoms with van der Waals surface area (Å²) in [4.78, 5) is 16.8. The standard InChI is InChI=1S/C15H28N2O/c18-15(14-17-11-5-2-6-12-17)8-7-13-16-9-3-1-4-10-16/h1-14H2. The quantitative estimate of drug-likeness (QED) is 0.725. The fraction of sp³-hybridized carbons (Fsp3) is 0.933. The van der Waals surface area contributed by atoms with Crippen molar-refractivity contribution in [2.45, 2.75) is 51.4 Å². The Morgan fingerprint density at radius 3 is 1.94 bits per heavy atom. The number of likely N-dealkylation sites (tertiary alicyclic amines) is 2. The van der Waals surface area contributed by atoms with Crippen LogP contribution in [0.1, 0.15) is 51.4 Å². The van der Waals surface area contributed by atoms with E-state index in [1.54, 1.807) is 0 Å². The third-order valence-electron chi connectivity index (χ3n) is 4.23. The smallest absolute Gasteiger partial charge is 0.146 e. The number of rotatable bonds is 6. The fourth-order valence-corrected chi connectivity index (χ4v) is 3.13. The molecule has 18 heavy (non-hydrogen) atoms. The molecule has 0 N–H and O–H groups in total. The Balaban J connectivity index is 1.53. The van der Waals surface area contributed by atoms with Gasteiger partial charge in [0.05, 0.1) is 6.54 Å². The van der Waals surface area contributed by atoms with Crippen molar-refractivity contribution >= 4 is 5.78 Å². The summed E-state index contributed by atoms with van der Waals surface area (Å²) in [5, 5.41) is 0. The molecule has 3 nitrogen and oxygen atoms in total. The molecule has 2 aliphatic heterocycles. The number of carbonyl (C=O) groups is 1. The van der Waals surface area contributed by atoms with E-state index in [-0.39, 0.29) is 0 Å². The van der Waals surface area contributed by atoms with Crippen molar-refractivity contribution in [3.05, 3.63) is 0 Å². The molecule has 0 bridgehead atoms. The normalized spacial score (nSPS) is 23.1. The van der Waals surface area contributed by atoms with E-state index < -0.39 is 0 Å². The van der Waals surface area contributed by atoms with Gasteiger partial charge in [-0.15, -0.1) is 0 Å². The first-order valence-corrected chi connectivity index (χ1v) is 7.81. The van der Waals surface area contributed by atoms with Crippen LogP contribution in [0.5, 0.6) is 0 Å². The first kappa shape index (κ1) is 14.0. The molecule has 0 atom stereocenters. The molecule has 0 unspecified atom stereocenters. The maximum atomic E-state index is 11.9. The van der Waals surface area contributed by atoms with Crippen molar-refractivity contribution in [2.24, 2.45) is 0 Å². The first-order valence-electron chi connectivity index (χ1n) is 7.81. The summed E-state index contributed by atoms with van der Waals surface area (Å²) in [7, 11) is 0. The third-order valence-corrected chi connectivity index (χ3v) is 4.23. The lowest BCUT2D eigenvalue weighted by atomic mass is 10.1. The molecular weight excluding hydrogens is 224 g/mol. The van der Waals surface area contributed by atoms with Gasteiger partial charge in [0.15, 0.2) is 0 Å². The highest BCUT2D eigenvalue weighted by Gasteiger charge is 2.14. The fourth-order valence-electron chi connectivity index (χ4n) is 3.13. The summed E-state index contributed by atoms with van der Waals surface area (Å²) in [6, 6.07) is 0. The second kappa shape index (κ2) is 7.90. The molecule has 0 aromatic carbocycles. The van der Waals surface area contributed by atoms with Crippen LogP contribution in [0.3, 0.4) is 0 Å². The summed E-state index contributed by atoms with van der Waals surface area (Å²) in [5.41, 5.74) is 0. The minimum atomic E-state index is 0.453. The zero-order valence-corrected chi connectivity index (χ0v) is 11.7. The van der Waals surface area contributed by atoms with Gasteiger partial charge in [-0.05, 0) is 64.8 Å². The molecule has 104 valence electrons. The highest BCUT2D eigenvalue weighted by Crippen LogP contribution is 2.11.